The largest absolute Gasteiger partial charge is 0.385 e. The van der Waals surface area contributed by atoms with Gasteiger partial charge in [-0.05, 0) is 25.5 Å². The molecule has 4 nitrogen and oxygen atoms in total. The van der Waals surface area contributed by atoms with Gasteiger partial charge in [-0.25, -0.2) is 0 Å². The summed E-state index contributed by atoms with van der Waals surface area (Å²) < 4.78 is 12.6. The summed E-state index contributed by atoms with van der Waals surface area (Å²) in [6.45, 7) is 5.08. The van der Waals surface area contributed by atoms with Gasteiger partial charge in [0.25, 0.3) is 0 Å². The first kappa shape index (κ1) is 13.2. The Balaban J connectivity index is 2.19. The van der Waals surface area contributed by atoms with Crippen LogP contribution in [0.15, 0.2) is 18.3 Å². The summed E-state index contributed by atoms with van der Waals surface area (Å²) >= 11 is 0. The lowest BCUT2D eigenvalue weighted by Crippen LogP contribution is -2.14. The molecule has 2 N–H and O–H groups in total. The van der Waals surface area contributed by atoms with Gasteiger partial charge in [0.05, 0.1) is 6.61 Å². The molecular weight excluding hydrogens is 204 g/mol. The Kier molecular flexibility index (Phi) is 6.15. The third-order valence-corrected chi connectivity index (χ3v) is 2.44. The van der Waals surface area contributed by atoms with Crippen molar-refractivity contribution in [3.05, 3.63) is 24.0 Å². The topological polar surface area (TPSA) is 49.4 Å². The van der Waals surface area contributed by atoms with Gasteiger partial charge in [-0.1, -0.05) is 0 Å². The lowest BCUT2D eigenvalue weighted by molar-refractivity contribution is 0.0973. The molecule has 1 aromatic heterocycles. The maximum Gasteiger partial charge on any atom is 0.0645 e. The van der Waals surface area contributed by atoms with Gasteiger partial charge in [0.1, 0.15) is 0 Å². The molecule has 0 aliphatic rings. The maximum absolute atomic E-state index is 5.85. The molecule has 0 radical (unpaired) electrons. The van der Waals surface area contributed by atoms with E-state index in [0.717, 1.165) is 38.5 Å². The summed E-state index contributed by atoms with van der Waals surface area (Å²) in [7, 11) is 1.70. The minimum absolute atomic E-state index is 0.0727. The van der Waals surface area contributed by atoms with Gasteiger partial charge in [0.15, 0.2) is 0 Å². The Morgan fingerprint density at radius 3 is 2.88 bits per heavy atom. The van der Waals surface area contributed by atoms with Crippen molar-refractivity contribution in [3.8, 4) is 0 Å². The highest BCUT2D eigenvalue weighted by Crippen LogP contribution is 2.10. The van der Waals surface area contributed by atoms with Gasteiger partial charge in [0, 0.05) is 44.8 Å². The summed E-state index contributed by atoms with van der Waals surface area (Å²) in [6, 6.07) is 4.14. The van der Waals surface area contributed by atoms with Gasteiger partial charge >= 0.3 is 0 Å². The zero-order valence-electron chi connectivity index (χ0n) is 10.2. The first-order chi connectivity index (χ1) is 7.75. The van der Waals surface area contributed by atoms with Crippen molar-refractivity contribution in [2.24, 2.45) is 5.73 Å². The van der Waals surface area contributed by atoms with Crippen LogP contribution in [0, 0.1) is 0 Å². The molecule has 0 saturated carbocycles. The average Bonchev–Trinajstić information content (AvgIpc) is 2.71. The van der Waals surface area contributed by atoms with Crippen LogP contribution in [-0.4, -0.2) is 31.5 Å². The van der Waals surface area contributed by atoms with E-state index in [4.69, 9.17) is 15.2 Å². The fraction of sp³-hybridized carbons (Fsp3) is 0.667. The lowest BCUT2D eigenvalue weighted by atomic mass is 10.2. The first-order valence-corrected chi connectivity index (χ1v) is 5.73. The molecule has 1 atom stereocenters. The standard InChI is InChI=1S/C12H22N2O2/c1-11(13)12-5-3-6-14(12)7-10-16-9-4-8-15-2/h3,5-6,11H,4,7-10,13H2,1-2H3. The molecule has 4 heteroatoms. The van der Waals surface area contributed by atoms with Crippen LogP contribution in [0.3, 0.4) is 0 Å². The Morgan fingerprint density at radius 2 is 2.19 bits per heavy atom. The van der Waals surface area contributed by atoms with Gasteiger partial charge < -0.3 is 19.8 Å². The molecule has 0 fully saturated rings. The highest BCUT2D eigenvalue weighted by molar-refractivity contribution is 5.10. The van der Waals surface area contributed by atoms with E-state index < -0.39 is 0 Å². The molecule has 0 bridgehead atoms. The number of rotatable bonds is 8. The van der Waals surface area contributed by atoms with Crippen molar-refractivity contribution in [2.75, 3.05) is 26.9 Å². The van der Waals surface area contributed by atoms with Crippen molar-refractivity contribution >= 4 is 0 Å². The molecule has 1 unspecified atom stereocenters. The van der Waals surface area contributed by atoms with E-state index in [1.54, 1.807) is 7.11 Å². The number of nitrogens with zero attached hydrogens (tertiary/aromatic N) is 1. The van der Waals surface area contributed by atoms with E-state index in [2.05, 4.69) is 10.6 Å². The molecule has 1 rings (SSSR count). The van der Waals surface area contributed by atoms with Gasteiger partial charge in [-0.2, -0.15) is 0 Å². The summed E-state index contributed by atoms with van der Waals surface area (Å²) in [5.41, 5.74) is 7.00. The first-order valence-electron chi connectivity index (χ1n) is 5.73. The third-order valence-electron chi connectivity index (χ3n) is 2.44. The minimum Gasteiger partial charge on any atom is -0.385 e. The predicted octanol–water partition coefficient (Wildman–Crippen LogP) is 1.56. The molecule has 0 spiro atoms. The van der Waals surface area contributed by atoms with Crippen molar-refractivity contribution in [3.63, 3.8) is 0 Å². The van der Waals surface area contributed by atoms with E-state index in [-0.39, 0.29) is 6.04 Å². The average molecular weight is 226 g/mol. The monoisotopic (exact) mass is 226 g/mol. The quantitative estimate of drug-likeness (QED) is 0.684. The normalized spacial score (nSPS) is 12.9. The third kappa shape index (κ3) is 4.35. The van der Waals surface area contributed by atoms with E-state index in [1.165, 1.54) is 0 Å². The van der Waals surface area contributed by atoms with Crippen LogP contribution in [0.25, 0.3) is 0 Å². The number of hydrogen-bond acceptors (Lipinski definition) is 3. The highest BCUT2D eigenvalue weighted by Gasteiger charge is 2.04. The SMILES string of the molecule is COCCCOCCn1cccc1C(C)N. The molecule has 0 amide bonds. The number of methoxy groups -OCH3 is 1. The molecule has 16 heavy (non-hydrogen) atoms. The molecule has 0 aliphatic heterocycles. The minimum atomic E-state index is 0.0727. The molecule has 92 valence electrons. The zero-order valence-corrected chi connectivity index (χ0v) is 10.2. The van der Waals surface area contributed by atoms with Gasteiger partial charge in [0.2, 0.25) is 0 Å². The Hall–Kier alpha value is -0.840. The van der Waals surface area contributed by atoms with Gasteiger partial charge in [-0.3, -0.25) is 0 Å². The molecule has 1 aromatic rings. The predicted molar refractivity (Wildman–Crippen MR) is 64.3 cm³/mol. The van der Waals surface area contributed by atoms with Crippen LogP contribution in [0.4, 0.5) is 0 Å². The van der Waals surface area contributed by atoms with E-state index >= 15 is 0 Å². The number of hydrogen-bond donors (Lipinski definition) is 1. The van der Waals surface area contributed by atoms with Crippen LogP contribution in [-0.2, 0) is 16.0 Å². The van der Waals surface area contributed by atoms with Crippen molar-refractivity contribution in [2.45, 2.75) is 25.9 Å². The second-order valence-corrected chi connectivity index (χ2v) is 3.87. The lowest BCUT2D eigenvalue weighted by Gasteiger charge is -2.12. The molecule has 1 heterocycles. The van der Waals surface area contributed by atoms with Crippen molar-refractivity contribution in [1.29, 1.82) is 0 Å². The summed E-state index contributed by atoms with van der Waals surface area (Å²) in [5, 5.41) is 0. The van der Waals surface area contributed by atoms with Crippen LogP contribution >= 0.6 is 0 Å². The number of aromatic nitrogens is 1. The van der Waals surface area contributed by atoms with Crippen LogP contribution in [0.1, 0.15) is 25.1 Å². The summed E-state index contributed by atoms with van der Waals surface area (Å²) in [5.74, 6) is 0. The second kappa shape index (κ2) is 7.44. The molecule has 0 aromatic carbocycles. The molecule has 0 saturated heterocycles. The van der Waals surface area contributed by atoms with Gasteiger partial charge in [-0.15, -0.1) is 0 Å². The number of nitrogens with two attached hydrogens (primary N) is 1. The molecule has 0 aliphatic carbocycles. The van der Waals surface area contributed by atoms with E-state index in [9.17, 15) is 0 Å². The van der Waals surface area contributed by atoms with Crippen molar-refractivity contribution in [1.82, 2.24) is 4.57 Å². The maximum atomic E-state index is 5.85. The fourth-order valence-electron chi connectivity index (χ4n) is 1.61. The van der Waals surface area contributed by atoms with Crippen LogP contribution in [0.5, 0.6) is 0 Å². The van der Waals surface area contributed by atoms with Crippen LogP contribution < -0.4 is 5.73 Å². The zero-order chi connectivity index (χ0) is 11.8. The highest BCUT2D eigenvalue weighted by atomic mass is 16.5. The summed E-state index contributed by atoms with van der Waals surface area (Å²) in [6.07, 6.45) is 2.99. The summed E-state index contributed by atoms with van der Waals surface area (Å²) in [4.78, 5) is 0. The molecular formula is C12H22N2O2. The van der Waals surface area contributed by atoms with Crippen LogP contribution in [0.2, 0.25) is 0 Å². The van der Waals surface area contributed by atoms with E-state index in [0.29, 0.717) is 0 Å². The number of ether oxygens (including phenoxy) is 2. The Labute approximate surface area is 97.3 Å². The second-order valence-electron chi connectivity index (χ2n) is 3.87. The smallest absolute Gasteiger partial charge is 0.0645 e. The fourth-order valence-corrected chi connectivity index (χ4v) is 1.61. The Bertz CT molecular complexity index is 284. The van der Waals surface area contributed by atoms with E-state index in [1.807, 2.05) is 19.2 Å². The Morgan fingerprint density at radius 1 is 1.38 bits per heavy atom. The van der Waals surface area contributed by atoms with Crippen molar-refractivity contribution < 1.29 is 9.47 Å².